The summed E-state index contributed by atoms with van der Waals surface area (Å²) in [4.78, 5) is 0. The fourth-order valence-corrected chi connectivity index (χ4v) is 3.96. The van der Waals surface area contributed by atoms with Crippen molar-refractivity contribution in [3.8, 4) is 11.5 Å². The molecule has 0 radical (unpaired) electrons. The number of halogens is 1. The lowest BCUT2D eigenvalue weighted by atomic mass is 10.1. The monoisotopic (exact) mass is 447 g/mol. The minimum atomic E-state index is 0.583. The largest absolute Gasteiger partial charge is 0.493 e. The molecule has 1 aromatic heterocycles. The van der Waals surface area contributed by atoms with Crippen LogP contribution >= 0.6 is 11.6 Å². The summed E-state index contributed by atoms with van der Waals surface area (Å²) < 4.78 is 13.0. The van der Waals surface area contributed by atoms with Gasteiger partial charge in [-0.2, -0.15) is 5.10 Å². The van der Waals surface area contributed by atoms with Gasteiger partial charge in [-0.3, -0.25) is 0 Å². The SMILES string of the molecule is COc1ccc(CN/N=C\c2c(C)n(Cc3ccc(Cl)cc3)c3ccccc23)cc1OC. The molecule has 4 rings (SSSR count). The van der Waals surface area contributed by atoms with Crippen LogP contribution in [0.3, 0.4) is 0 Å². The number of nitrogens with zero attached hydrogens (tertiary/aromatic N) is 2. The summed E-state index contributed by atoms with van der Waals surface area (Å²) in [5, 5.41) is 6.42. The van der Waals surface area contributed by atoms with Gasteiger partial charge in [0, 0.05) is 33.7 Å². The highest BCUT2D eigenvalue weighted by molar-refractivity contribution is 6.30. The summed E-state index contributed by atoms with van der Waals surface area (Å²) in [5.41, 5.74) is 8.86. The Hall–Kier alpha value is -3.44. The third kappa shape index (κ3) is 4.58. The maximum atomic E-state index is 6.05. The third-order valence-electron chi connectivity index (χ3n) is 5.55. The van der Waals surface area contributed by atoms with E-state index < -0.39 is 0 Å². The van der Waals surface area contributed by atoms with E-state index in [0.717, 1.165) is 28.4 Å². The number of hydrazone groups is 1. The van der Waals surface area contributed by atoms with Gasteiger partial charge in [0.25, 0.3) is 0 Å². The van der Waals surface area contributed by atoms with E-state index in [0.29, 0.717) is 18.0 Å². The fraction of sp³-hybridized carbons (Fsp3) is 0.192. The third-order valence-corrected chi connectivity index (χ3v) is 5.80. The Balaban J connectivity index is 1.55. The summed E-state index contributed by atoms with van der Waals surface area (Å²) in [6, 6.07) is 22.2. The zero-order valence-electron chi connectivity index (χ0n) is 18.4. The number of methoxy groups -OCH3 is 2. The van der Waals surface area contributed by atoms with E-state index >= 15 is 0 Å². The average molecular weight is 448 g/mol. The van der Waals surface area contributed by atoms with Gasteiger partial charge in [0.2, 0.25) is 0 Å². The summed E-state index contributed by atoms with van der Waals surface area (Å²) in [7, 11) is 3.27. The molecule has 0 bridgehead atoms. The lowest BCUT2D eigenvalue weighted by Crippen LogP contribution is -2.06. The van der Waals surface area contributed by atoms with Crippen molar-refractivity contribution in [2.45, 2.75) is 20.0 Å². The van der Waals surface area contributed by atoms with E-state index in [1.165, 1.54) is 16.5 Å². The van der Waals surface area contributed by atoms with Gasteiger partial charge in [0.05, 0.1) is 27.0 Å². The van der Waals surface area contributed by atoms with Crippen LogP contribution in [0.15, 0.2) is 71.8 Å². The van der Waals surface area contributed by atoms with Gasteiger partial charge in [-0.25, -0.2) is 0 Å². The number of para-hydroxylation sites is 1. The normalized spacial score (nSPS) is 11.2. The predicted octanol–water partition coefficient (Wildman–Crippen LogP) is 5.79. The Kier molecular flexibility index (Phi) is 6.66. The molecule has 4 aromatic rings. The molecule has 0 unspecified atom stereocenters. The Morgan fingerprint density at radius 2 is 1.66 bits per heavy atom. The van der Waals surface area contributed by atoms with Crippen molar-refractivity contribution in [2.24, 2.45) is 5.10 Å². The van der Waals surface area contributed by atoms with Crippen molar-refractivity contribution in [1.82, 2.24) is 9.99 Å². The van der Waals surface area contributed by atoms with E-state index in [-0.39, 0.29) is 0 Å². The molecule has 0 saturated heterocycles. The van der Waals surface area contributed by atoms with Gasteiger partial charge in [-0.05, 0) is 48.4 Å². The number of hydrogen-bond acceptors (Lipinski definition) is 4. The molecule has 0 atom stereocenters. The van der Waals surface area contributed by atoms with Gasteiger partial charge in [-0.1, -0.05) is 48.0 Å². The van der Waals surface area contributed by atoms with Crippen molar-refractivity contribution in [3.05, 3.63) is 94.1 Å². The summed E-state index contributed by atoms with van der Waals surface area (Å²) >= 11 is 6.05. The van der Waals surface area contributed by atoms with Crippen LogP contribution in [0.25, 0.3) is 10.9 Å². The maximum absolute atomic E-state index is 6.05. The van der Waals surface area contributed by atoms with Crippen LogP contribution in [0.2, 0.25) is 5.02 Å². The molecule has 0 amide bonds. The van der Waals surface area contributed by atoms with Crippen LogP contribution in [0.5, 0.6) is 11.5 Å². The van der Waals surface area contributed by atoms with Gasteiger partial charge in [0.1, 0.15) is 0 Å². The van der Waals surface area contributed by atoms with E-state index in [1.54, 1.807) is 14.2 Å². The minimum absolute atomic E-state index is 0.583. The molecule has 0 saturated carbocycles. The second-order valence-corrected chi connectivity index (χ2v) is 7.95. The van der Waals surface area contributed by atoms with Crippen LogP contribution in [-0.2, 0) is 13.1 Å². The average Bonchev–Trinajstić information content (AvgIpc) is 3.08. The molecule has 1 N–H and O–H groups in total. The minimum Gasteiger partial charge on any atom is -0.493 e. The first kappa shape index (κ1) is 21.8. The van der Waals surface area contributed by atoms with Crippen molar-refractivity contribution < 1.29 is 9.47 Å². The van der Waals surface area contributed by atoms with Crippen molar-refractivity contribution in [3.63, 3.8) is 0 Å². The fourth-order valence-electron chi connectivity index (χ4n) is 3.83. The molecule has 32 heavy (non-hydrogen) atoms. The van der Waals surface area contributed by atoms with E-state index in [4.69, 9.17) is 21.1 Å². The van der Waals surface area contributed by atoms with Crippen molar-refractivity contribution in [1.29, 1.82) is 0 Å². The Morgan fingerprint density at radius 1 is 0.938 bits per heavy atom. The van der Waals surface area contributed by atoms with Crippen LogP contribution < -0.4 is 14.9 Å². The first-order chi connectivity index (χ1) is 15.6. The van der Waals surface area contributed by atoms with Crippen LogP contribution in [0.4, 0.5) is 0 Å². The number of ether oxygens (including phenoxy) is 2. The first-order valence-electron chi connectivity index (χ1n) is 10.4. The molecule has 1 heterocycles. The van der Waals surface area contributed by atoms with E-state index in [1.807, 2.05) is 36.5 Å². The molecule has 164 valence electrons. The molecule has 0 aliphatic heterocycles. The Morgan fingerprint density at radius 3 is 2.41 bits per heavy atom. The molecule has 3 aromatic carbocycles. The molecule has 0 aliphatic rings. The smallest absolute Gasteiger partial charge is 0.161 e. The van der Waals surface area contributed by atoms with E-state index in [2.05, 4.69) is 58.4 Å². The lowest BCUT2D eigenvalue weighted by Gasteiger charge is -2.09. The lowest BCUT2D eigenvalue weighted by molar-refractivity contribution is 0.354. The molecule has 0 fully saturated rings. The van der Waals surface area contributed by atoms with Crippen LogP contribution in [-0.4, -0.2) is 25.0 Å². The number of benzene rings is 3. The molecule has 5 nitrogen and oxygen atoms in total. The van der Waals surface area contributed by atoms with Crippen molar-refractivity contribution in [2.75, 3.05) is 14.2 Å². The first-order valence-corrected chi connectivity index (χ1v) is 10.8. The van der Waals surface area contributed by atoms with Gasteiger partial charge >= 0.3 is 0 Å². The highest BCUT2D eigenvalue weighted by Gasteiger charge is 2.12. The zero-order valence-corrected chi connectivity index (χ0v) is 19.2. The number of hydrogen-bond donors (Lipinski definition) is 1. The van der Waals surface area contributed by atoms with Gasteiger partial charge in [0.15, 0.2) is 11.5 Å². The summed E-state index contributed by atoms with van der Waals surface area (Å²) in [6.07, 6.45) is 1.90. The Labute approximate surface area is 193 Å². The number of rotatable bonds is 8. The highest BCUT2D eigenvalue weighted by atomic mass is 35.5. The van der Waals surface area contributed by atoms with Gasteiger partial charge in [-0.15, -0.1) is 0 Å². The molecular weight excluding hydrogens is 422 g/mol. The van der Waals surface area contributed by atoms with Crippen LogP contribution in [0.1, 0.15) is 22.4 Å². The predicted molar refractivity (Wildman–Crippen MR) is 131 cm³/mol. The highest BCUT2D eigenvalue weighted by Crippen LogP contribution is 2.28. The van der Waals surface area contributed by atoms with Crippen molar-refractivity contribution >= 4 is 28.7 Å². The molecular formula is C26H26ClN3O2. The standard InChI is InChI=1S/C26H26ClN3O2/c1-18-23(16-29-28-15-20-10-13-25(31-2)26(14-20)32-3)22-6-4-5-7-24(22)30(18)17-19-8-11-21(27)12-9-19/h4-14,16,28H,15,17H2,1-3H3/b29-16-. The zero-order chi connectivity index (χ0) is 22.5. The maximum Gasteiger partial charge on any atom is 0.161 e. The number of aromatic nitrogens is 1. The molecule has 0 spiro atoms. The van der Waals surface area contributed by atoms with E-state index in [9.17, 15) is 0 Å². The second-order valence-electron chi connectivity index (χ2n) is 7.51. The Bertz CT molecular complexity index is 1250. The summed E-state index contributed by atoms with van der Waals surface area (Å²) in [5.74, 6) is 1.42. The topological polar surface area (TPSA) is 47.8 Å². The van der Waals surface area contributed by atoms with Gasteiger partial charge < -0.3 is 19.5 Å². The van der Waals surface area contributed by atoms with Crippen LogP contribution in [0, 0.1) is 6.92 Å². The second kappa shape index (κ2) is 9.79. The molecule has 6 heteroatoms. The summed E-state index contributed by atoms with van der Waals surface area (Å²) in [6.45, 7) is 3.49. The quantitative estimate of drug-likeness (QED) is 0.274. The molecule has 0 aliphatic carbocycles. The number of nitrogens with one attached hydrogen (secondary N) is 1. The number of fused-ring (bicyclic) bond motifs is 1.